The summed E-state index contributed by atoms with van der Waals surface area (Å²) < 4.78 is 33.1. The molecule has 1 amide bonds. The van der Waals surface area contributed by atoms with Crippen molar-refractivity contribution in [2.24, 2.45) is 0 Å². The average Bonchev–Trinajstić information content (AvgIpc) is 3.44. The zero-order valence-electron chi connectivity index (χ0n) is 17.3. The topological polar surface area (TPSA) is 79.0 Å². The minimum absolute atomic E-state index is 0.0937. The third-order valence-electron chi connectivity index (χ3n) is 5.77. The molecule has 2 fully saturated rings. The molecule has 1 aromatic heterocycles. The Hall–Kier alpha value is -1.81. The molecule has 1 aromatic carbocycles. The van der Waals surface area contributed by atoms with Gasteiger partial charge in [-0.3, -0.25) is 4.79 Å². The molecule has 4 rings (SSSR count). The van der Waals surface area contributed by atoms with Crippen LogP contribution < -0.4 is 15.0 Å². The van der Waals surface area contributed by atoms with Crippen LogP contribution in [0.1, 0.15) is 35.4 Å². The SMILES string of the molecule is COc1ccc(Cl)cc1N1CCC(NC(=O)c2sccc2S(=O)(=O)N2CCCCC2)C1. The molecule has 10 heteroatoms. The van der Waals surface area contributed by atoms with Gasteiger partial charge in [0.25, 0.3) is 5.91 Å². The molecule has 0 saturated carbocycles. The lowest BCUT2D eigenvalue weighted by molar-refractivity contribution is 0.0941. The van der Waals surface area contributed by atoms with Crippen LogP contribution in [0.3, 0.4) is 0 Å². The number of amides is 1. The van der Waals surface area contributed by atoms with E-state index in [1.807, 2.05) is 12.1 Å². The van der Waals surface area contributed by atoms with E-state index in [1.165, 1.54) is 15.6 Å². The number of ether oxygens (including phenoxy) is 1. The zero-order valence-corrected chi connectivity index (χ0v) is 19.7. The number of hydrogen-bond acceptors (Lipinski definition) is 6. The maximum atomic E-state index is 13.1. The number of carbonyl (C=O) groups is 1. The van der Waals surface area contributed by atoms with Crippen molar-refractivity contribution in [3.63, 3.8) is 0 Å². The highest BCUT2D eigenvalue weighted by molar-refractivity contribution is 7.89. The largest absolute Gasteiger partial charge is 0.495 e. The number of methoxy groups -OCH3 is 1. The first-order valence-electron chi connectivity index (χ1n) is 10.4. The normalized spacial score (nSPS) is 20.1. The van der Waals surface area contributed by atoms with E-state index in [9.17, 15) is 13.2 Å². The Labute approximate surface area is 192 Å². The number of thiophene rings is 1. The van der Waals surface area contributed by atoms with Crippen LogP contribution in [-0.4, -0.2) is 58.0 Å². The highest BCUT2D eigenvalue weighted by atomic mass is 35.5. The first-order chi connectivity index (χ1) is 14.9. The van der Waals surface area contributed by atoms with Crippen LogP contribution in [0.4, 0.5) is 5.69 Å². The third-order valence-corrected chi connectivity index (χ3v) is 8.99. The van der Waals surface area contributed by atoms with Gasteiger partial charge < -0.3 is 15.0 Å². The van der Waals surface area contributed by atoms with Crippen molar-refractivity contribution in [3.05, 3.63) is 39.5 Å². The Morgan fingerprint density at radius 2 is 1.97 bits per heavy atom. The molecule has 0 spiro atoms. The van der Waals surface area contributed by atoms with Crippen molar-refractivity contribution < 1.29 is 17.9 Å². The smallest absolute Gasteiger partial charge is 0.263 e. The molecule has 0 aliphatic carbocycles. The lowest BCUT2D eigenvalue weighted by atomic mass is 10.2. The van der Waals surface area contributed by atoms with Gasteiger partial charge in [0.05, 0.1) is 12.8 Å². The summed E-state index contributed by atoms with van der Waals surface area (Å²) in [5.74, 6) is 0.389. The van der Waals surface area contributed by atoms with E-state index in [4.69, 9.17) is 16.3 Å². The average molecular weight is 484 g/mol. The number of benzene rings is 1. The van der Waals surface area contributed by atoms with Crippen LogP contribution in [0.15, 0.2) is 34.5 Å². The monoisotopic (exact) mass is 483 g/mol. The molecule has 1 atom stereocenters. The van der Waals surface area contributed by atoms with Crippen LogP contribution in [0.5, 0.6) is 5.75 Å². The second-order valence-corrected chi connectivity index (χ2v) is 11.1. The molecule has 31 heavy (non-hydrogen) atoms. The van der Waals surface area contributed by atoms with Gasteiger partial charge in [-0.1, -0.05) is 18.0 Å². The molecule has 2 saturated heterocycles. The number of piperidine rings is 1. The number of anilines is 1. The Bertz CT molecular complexity index is 1050. The summed E-state index contributed by atoms with van der Waals surface area (Å²) in [6.07, 6.45) is 3.51. The van der Waals surface area contributed by atoms with Gasteiger partial charge in [-0.15, -0.1) is 11.3 Å². The predicted molar refractivity (Wildman–Crippen MR) is 123 cm³/mol. The maximum Gasteiger partial charge on any atom is 0.263 e. The van der Waals surface area contributed by atoms with E-state index in [0.29, 0.717) is 24.7 Å². The van der Waals surface area contributed by atoms with Gasteiger partial charge in [-0.25, -0.2) is 8.42 Å². The molecule has 2 aliphatic heterocycles. The fourth-order valence-electron chi connectivity index (χ4n) is 4.17. The summed E-state index contributed by atoms with van der Waals surface area (Å²) in [4.78, 5) is 15.5. The third kappa shape index (κ3) is 4.69. The van der Waals surface area contributed by atoms with E-state index >= 15 is 0 Å². The number of rotatable bonds is 6. The molecule has 0 bridgehead atoms. The summed E-state index contributed by atoms with van der Waals surface area (Å²) in [6, 6.07) is 6.91. The first-order valence-corrected chi connectivity index (χ1v) is 13.1. The van der Waals surface area contributed by atoms with Gasteiger partial charge in [0.2, 0.25) is 10.0 Å². The van der Waals surface area contributed by atoms with E-state index in [2.05, 4.69) is 10.2 Å². The molecular formula is C21H26ClN3O4S2. The van der Waals surface area contributed by atoms with E-state index < -0.39 is 10.0 Å². The van der Waals surface area contributed by atoms with Gasteiger partial charge in [0.15, 0.2) is 0 Å². The van der Waals surface area contributed by atoms with Crippen LogP contribution in [-0.2, 0) is 10.0 Å². The number of hydrogen-bond donors (Lipinski definition) is 1. The number of sulfonamides is 1. The van der Waals surface area contributed by atoms with E-state index in [1.54, 1.807) is 24.6 Å². The second kappa shape index (κ2) is 9.36. The molecule has 1 N–H and O–H groups in total. The minimum Gasteiger partial charge on any atom is -0.495 e. The maximum absolute atomic E-state index is 13.1. The number of nitrogens with zero attached hydrogens (tertiary/aromatic N) is 2. The van der Waals surface area contributed by atoms with Gasteiger partial charge >= 0.3 is 0 Å². The summed E-state index contributed by atoms with van der Waals surface area (Å²) in [6.45, 7) is 2.36. The molecule has 7 nitrogen and oxygen atoms in total. The first kappa shape index (κ1) is 22.4. The summed E-state index contributed by atoms with van der Waals surface area (Å²) in [5.41, 5.74) is 0.885. The lowest BCUT2D eigenvalue weighted by Crippen LogP contribution is -2.39. The van der Waals surface area contributed by atoms with E-state index in [-0.39, 0.29) is 21.7 Å². The second-order valence-electron chi connectivity index (χ2n) is 7.80. The fourth-order valence-corrected chi connectivity index (χ4v) is 7.16. The van der Waals surface area contributed by atoms with E-state index in [0.717, 1.165) is 43.7 Å². The lowest BCUT2D eigenvalue weighted by Gasteiger charge is -2.26. The number of carbonyl (C=O) groups excluding carboxylic acids is 1. The molecule has 168 valence electrons. The minimum atomic E-state index is -3.65. The molecule has 1 unspecified atom stereocenters. The molecule has 2 aliphatic rings. The quantitative estimate of drug-likeness (QED) is 0.679. The van der Waals surface area contributed by atoms with Crippen molar-refractivity contribution in [3.8, 4) is 5.75 Å². The number of halogens is 1. The predicted octanol–water partition coefficient (Wildman–Crippen LogP) is 3.59. The van der Waals surface area contributed by atoms with Crippen molar-refractivity contribution in [2.75, 3.05) is 38.2 Å². The van der Waals surface area contributed by atoms with Crippen LogP contribution in [0.2, 0.25) is 5.02 Å². The molecule has 0 radical (unpaired) electrons. The highest BCUT2D eigenvalue weighted by Crippen LogP contribution is 2.34. The van der Waals surface area contributed by atoms with Crippen LogP contribution in [0.25, 0.3) is 0 Å². The highest BCUT2D eigenvalue weighted by Gasteiger charge is 2.33. The molecule has 3 heterocycles. The van der Waals surface area contributed by atoms with Crippen molar-refractivity contribution in [1.29, 1.82) is 0 Å². The van der Waals surface area contributed by atoms with Gasteiger partial charge in [-0.2, -0.15) is 4.31 Å². The van der Waals surface area contributed by atoms with Crippen molar-refractivity contribution in [1.82, 2.24) is 9.62 Å². The number of nitrogens with one attached hydrogen (secondary N) is 1. The van der Waals surface area contributed by atoms with Crippen molar-refractivity contribution >= 4 is 44.6 Å². The molecule has 2 aromatic rings. The van der Waals surface area contributed by atoms with Crippen LogP contribution in [0, 0.1) is 0 Å². The standard InChI is InChI=1S/C21H26ClN3O4S2/c1-29-18-6-5-15(22)13-17(18)24-11-7-16(14-24)23-21(26)20-19(8-12-30-20)31(27,28)25-9-3-2-4-10-25/h5-6,8,12-13,16H,2-4,7,9-11,14H2,1H3,(H,23,26). The molecular weight excluding hydrogens is 458 g/mol. The van der Waals surface area contributed by atoms with Gasteiger partial charge in [0, 0.05) is 37.2 Å². The van der Waals surface area contributed by atoms with Crippen molar-refractivity contribution in [2.45, 2.75) is 36.6 Å². The summed E-state index contributed by atoms with van der Waals surface area (Å²) in [7, 11) is -2.04. The van der Waals surface area contributed by atoms with Gasteiger partial charge in [-0.05, 0) is 48.9 Å². The van der Waals surface area contributed by atoms with Crippen LogP contribution >= 0.6 is 22.9 Å². The fraction of sp³-hybridized carbons (Fsp3) is 0.476. The Morgan fingerprint density at radius 1 is 1.19 bits per heavy atom. The Kier molecular flexibility index (Phi) is 6.76. The van der Waals surface area contributed by atoms with Gasteiger partial charge in [0.1, 0.15) is 15.5 Å². The zero-order chi connectivity index (χ0) is 22.0. The Morgan fingerprint density at radius 3 is 2.71 bits per heavy atom. The summed E-state index contributed by atoms with van der Waals surface area (Å²) >= 11 is 7.32. The summed E-state index contributed by atoms with van der Waals surface area (Å²) in [5, 5.41) is 5.31. The Balaban J connectivity index is 1.46.